The lowest BCUT2D eigenvalue weighted by atomic mass is 10.1. The van der Waals surface area contributed by atoms with E-state index in [0.717, 1.165) is 18.7 Å². The number of nitrogens with zero attached hydrogens (tertiary/aromatic N) is 6. The number of aliphatic imine (C=N–C) groups is 1. The van der Waals surface area contributed by atoms with Gasteiger partial charge in [0, 0.05) is 31.1 Å². The molecular weight excluding hydrogens is 479 g/mol. The van der Waals surface area contributed by atoms with Crippen LogP contribution in [0.3, 0.4) is 0 Å². The minimum Gasteiger partial charge on any atom is -0.367 e. The molecule has 34 heavy (non-hydrogen) atoms. The zero-order valence-electron chi connectivity index (χ0n) is 19.2. The fraction of sp³-hybridized carbons (Fsp3) is 0.455. The molecule has 10 nitrogen and oxygen atoms in total. The van der Waals surface area contributed by atoms with Crippen molar-refractivity contribution in [3.05, 3.63) is 47.5 Å². The summed E-state index contributed by atoms with van der Waals surface area (Å²) < 4.78 is 31.8. The highest BCUT2D eigenvalue weighted by Crippen LogP contribution is 2.56. The number of ether oxygens (including phenoxy) is 1. The first-order valence-electron chi connectivity index (χ1n) is 11.2. The van der Waals surface area contributed by atoms with E-state index in [4.69, 9.17) is 25.4 Å². The first kappa shape index (κ1) is 24.8. The molecule has 2 atom stereocenters. The van der Waals surface area contributed by atoms with Crippen LogP contribution in [0, 0.1) is 0 Å². The van der Waals surface area contributed by atoms with Gasteiger partial charge in [0.05, 0.1) is 32.0 Å². The smallest absolute Gasteiger partial charge is 0.356 e. The highest BCUT2D eigenvalue weighted by Gasteiger charge is 2.34. The molecule has 0 bridgehead atoms. The molecule has 12 heteroatoms. The van der Waals surface area contributed by atoms with Crippen molar-refractivity contribution in [3.8, 4) is 0 Å². The van der Waals surface area contributed by atoms with Crippen LogP contribution >= 0.6 is 19.2 Å². The van der Waals surface area contributed by atoms with Gasteiger partial charge >= 0.3 is 7.60 Å². The molecule has 1 fully saturated rings. The molecule has 2 aromatic heterocycles. The van der Waals surface area contributed by atoms with E-state index in [1.165, 1.54) is 6.33 Å². The van der Waals surface area contributed by atoms with E-state index in [0.29, 0.717) is 41.6 Å². The second-order valence-electron chi connectivity index (χ2n) is 7.69. The largest absolute Gasteiger partial charge is 0.367 e. The second kappa shape index (κ2) is 11.4. The van der Waals surface area contributed by atoms with Crippen LogP contribution in [0.5, 0.6) is 0 Å². The molecule has 3 heterocycles. The summed E-state index contributed by atoms with van der Waals surface area (Å²) >= 11 is 6.08. The molecule has 0 radical (unpaired) electrons. The number of aromatic nitrogens is 4. The van der Waals surface area contributed by atoms with Gasteiger partial charge in [-0.05, 0) is 31.5 Å². The Hall–Kier alpha value is -2.36. The van der Waals surface area contributed by atoms with Gasteiger partial charge in [0.1, 0.15) is 12.7 Å². The van der Waals surface area contributed by atoms with Crippen LogP contribution in [-0.4, -0.2) is 63.4 Å². The lowest BCUT2D eigenvalue weighted by molar-refractivity contribution is 0.0563. The van der Waals surface area contributed by atoms with Crippen molar-refractivity contribution in [2.45, 2.75) is 32.9 Å². The molecule has 182 valence electrons. The Kier molecular flexibility index (Phi) is 8.28. The van der Waals surface area contributed by atoms with E-state index in [1.54, 1.807) is 18.7 Å². The van der Waals surface area contributed by atoms with Crippen molar-refractivity contribution in [2.24, 2.45) is 4.99 Å². The average Bonchev–Trinajstić information content (AvgIpc) is 3.26. The standard InChI is InChI=1S/C22H28ClN6O4P/c1-3-28(4-2)14-27-21-20-22(25-13-24-21)29(15-26-20)9-11-31-16-34(30)32-10-8-19(33-34)17-6-5-7-18(23)12-17/h5-7,12-15,19H,3-4,8-11,16H2,1-2H3/b27-14-/t19-,34?/m0/s1. The molecule has 0 aliphatic carbocycles. The summed E-state index contributed by atoms with van der Waals surface area (Å²) in [5.74, 6) is 0.511. The maximum Gasteiger partial charge on any atom is 0.356 e. The van der Waals surface area contributed by atoms with Gasteiger partial charge in [-0.1, -0.05) is 23.7 Å². The summed E-state index contributed by atoms with van der Waals surface area (Å²) in [6.45, 7) is 6.92. The number of hydrogen-bond acceptors (Lipinski definition) is 8. The van der Waals surface area contributed by atoms with Gasteiger partial charge in [-0.3, -0.25) is 9.09 Å². The maximum absolute atomic E-state index is 13.0. The van der Waals surface area contributed by atoms with Gasteiger partial charge in [0.15, 0.2) is 17.0 Å². The lowest BCUT2D eigenvalue weighted by Crippen LogP contribution is -2.20. The van der Waals surface area contributed by atoms with Gasteiger partial charge in [0.25, 0.3) is 0 Å². The van der Waals surface area contributed by atoms with Crippen LogP contribution in [0.1, 0.15) is 31.9 Å². The number of hydrogen-bond donors (Lipinski definition) is 0. The Bertz CT molecular complexity index is 1190. The van der Waals surface area contributed by atoms with Gasteiger partial charge < -0.3 is 18.7 Å². The number of rotatable bonds is 10. The predicted molar refractivity (Wildman–Crippen MR) is 131 cm³/mol. The zero-order valence-corrected chi connectivity index (χ0v) is 20.9. The monoisotopic (exact) mass is 506 g/mol. The second-order valence-corrected chi connectivity index (χ2v) is 10.1. The van der Waals surface area contributed by atoms with E-state index in [1.807, 2.05) is 22.8 Å². The molecule has 1 saturated heterocycles. The number of fused-ring (bicyclic) bond motifs is 1. The third-order valence-corrected chi connectivity index (χ3v) is 7.33. The van der Waals surface area contributed by atoms with Crippen molar-refractivity contribution < 1.29 is 18.3 Å². The van der Waals surface area contributed by atoms with Crippen LogP contribution in [0.25, 0.3) is 11.2 Å². The summed E-state index contributed by atoms with van der Waals surface area (Å²) in [4.78, 5) is 19.5. The van der Waals surface area contributed by atoms with Crippen molar-refractivity contribution >= 4 is 42.5 Å². The first-order chi connectivity index (χ1) is 16.5. The molecule has 1 aromatic carbocycles. The predicted octanol–water partition coefficient (Wildman–Crippen LogP) is 4.83. The average molecular weight is 507 g/mol. The molecule has 0 amide bonds. The van der Waals surface area contributed by atoms with E-state index >= 15 is 0 Å². The first-order valence-corrected chi connectivity index (χ1v) is 13.3. The summed E-state index contributed by atoms with van der Waals surface area (Å²) in [6, 6.07) is 7.35. The Morgan fingerprint density at radius 3 is 2.97 bits per heavy atom. The Balaban J connectivity index is 1.34. The van der Waals surface area contributed by atoms with Crippen LogP contribution in [0.2, 0.25) is 5.02 Å². The summed E-state index contributed by atoms with van der Waals surface area (Å²) in [7, 11) is -3.38. The van der Waals surface area contributed by atoms with E-state index in [2.05, 4.69) is 38.7 Å². The molecule has 0 N–H and O–H groups in total. The van der Waals surface area contributed by atoms with Gasteiger partial charge in [0.2, 0.25) is 0 Å². The van der Waals surface area contributed by atoms with E-state index in [9.17, 15) is 4.57 Å². The Morgan fingerprint density at radius 2 is 2.18 bits per heavy atom. The number of halogens is 1. The Morgan fingerprint density at radius 1 is 1.32 bits per heavy atom. The Labute approximate surface area is 203 Å². The van der Waals surface area contributed by atoms with Crippen LogP contribution < -0.4 is 0 Å². The van der Waals surface area contributed by atoms with Crippen molar-refractivity contribution in [3.63, 3.8) is 0 Å². The highest BCUT2D eigenvalue weighted by atomic mass is 35.5. The lowest BCUT2D eigenvalue weighted by Gasteiger charge is -2.30. The van der Waals surface area contributed by atoms with Crippen molar-refractivity contribution in [2.75, 3.05) is 32.7 Å². The minimum atomic E-state index is -3.38. The van der Waals surface area contributed by atoms with Crippen molar-refractivity contribution in [1.29, 1.82) is 0 Å². The molecular formula is C22H28ClN6O4P. The fourth-order valence-corrected chi connectivity index (χ4v) is 5.31. The quantitative estimate of drug-likeness (QED) is 0.167. The highest BCUT2D eigenvalue weighted by molar-refractivity contribution is 7.53. The van der Waals surface area contributed by atoms with E-state index in [-0.39, 0.29) is 19.1 Å². The minimum absolute atomic E-state index is 0.134. The van der Waals surface area contributed by atoms with E-state index < -0.39 is 7.60 Å². The van der Waals surface area contributed by atoms with Gasteiger partial charge in [-0.15, -0.1) is 0 Å². The zero-order chi connectivity index (χ0) is 24.0. The maximum atomic E-state index is 13.0. The third-order valence-electron chi connectivity index (χ3n) is 5.44. The van der Waals surface area contributed by atoms with Gasteiger partial charge in [-0.25, -0.2) is 19.9 Å². The van der Waals surface area contributed by atoms with Crippen LogP contribution in [0.15, 0.2) is 41.9 Å². The molecule has 1 aliphatic rings. The summed E-state index contributed by atoms with van der Waals surface area (Å²) in [5, 5.41) is 0.608. The van der Waals surface area contributed by atoms with Crippen LogP contribution in [-0.2, 0) is 24.9 Å². The number of benzene rings is 1. The molecule has 1 unspecified atom stereocenters. The summed E-state index contributed by atoms with van der Waals surface area (Å²) in [5.41, 5.74) is 2.14. The normalized spacial score (nSPS) is 20.9. The molecule has 3 aromatic rings. The molecule has 0 spiro atoms. The number of imidazole rings is 1. The van der Waals surface area contributed by atoms with Crippen molar-refractivity contribution in [1.82, 2.24) is 24.4 Å². The topological polar surface area (TPSA) is 104 Å². The third kappa shape index (κ3) is 6.00. The SMILES string of the molecule is CCN(/C=N\c1ncnc2c1ncn2CCOCP1(=O)OCC[C@@H](c2cccc(Cl)c2)O1)CC. The summed E-state index contributed by atoms with van der Waals surface area (Å²) in [6.07, 6.45) is 5.03. The fourth-order valence-electron chi connectivity index (χ4n) is 3.57. The molecule has 4 rings (SSSR count). The molecule has 1 aliphatic heterocycles. The van der Waals surface area contributed by atoms with Gasteiger partial charge in [-0.2, -0.15) is 0 Å². The molecule has 0 saturated carbocycles. The van der Waals surface area contributed by atoms with Crippen LogP contribution in [0.4, 0.5) is 5.82 Å².